The van der Waals surface area contributed by atoms with Gasteiger partial charge in [0.15, 0.2) is 0 Å². The molecule has 0 aromatic rings. The Morgan fingerprint density at radius 1 is 0.657 bits per heavy atom. The Morgan fingerprint density at radius 3 is 1.77 bits per heavy atom. The Morgan fingerprint density at radius 2 is 1.20 bits per heavy atom. The first kappa shape index (κ1) is 33.9. The Balaban J connectivity index is 4.19. The van der Waals surface area contributed by atoms with Crippen LogP contribution in [0.1, 0.15) is 142 Å². The molecule has 0 spiro atoms. The fourth-order valence-electron chi connectivity index (χ4n) is 4.15. The smallest absolute Gasteiger partial charge is 0.306 e. The number of unbranched alkanes of at least 4 members (excludes halogenated alkanes) is 13. The van der Waals surface area contributed by atoms with Crippen molar-refractivity contribution in [3.63, 3.8) is 0 Å². The monoisotopic (exact) mass is 490 g/mol. The molecule has 0 N–H and O–H groups in total. The SMILES string of the molecule is CCCCCC/C=C\CCC[CH]C(CCC/C=C\CCCCCC)OC(=O)CCCCCN(C)C. The standard InChI is InChI=1S/C32H60NO2/c1-5-7-9-11-13-15-17-19-21-24-28-31(27-23-20-18-16-14-12-10-8-6-2)35-32(34)29-25-22-26-30-33(3)4/h15-18,28,31H,5-14,19-27,29-30H2,1-4H3/b17-15-,18-16-. The van der Waals surface area contributed by atoms with Gasteiger partial charge in [0.05, 0.1) is 0 Å². The number of carbonyl (C=O) groups excluding carboxylic acids is 1. The van der Waals surface area contributed by atoms with Gasteiger partial charge < -0.3 is 9.64 Å². The molecule has 1 unspecified atom stereocenters. The Labute approximate surface area is 220 Å². The maximum absolute atomic E-state index is 12.4. The van der Waals surface area contributed by atoms with E-state index in [1.54, 1.807) is 0 Å². The third-order valence-electron chi connectivity index (χ3n) is 6.41. The van der Waals surface area contributed by atoms with Crippen LogP contribution in [0.2, 0.25) is 0 Å². The zero-order valence-electron chi connectivity index (χ0n) is 24.1. The highest BCUT2D eigenvalue weighted by molar-refractivity contribution is 5.69. The zero-order chi connectivity index (χ0) is 25.8. The Bertz CT molecular complexity index is 498. The van der Waals surface area contributed by atoms with Crippen molar-refractivity contribution in [2.24, 2.45) is 0 Å². The number of esters is 1. The van der Waals surface area contributed by atoms with Crippen LogP contribution in [0.25, 0.3) is 0 Å². The second-order valence-corrected chi connectivity index (χ2v) is 10.4. The van der Waals surface area contributed by atoms with Crippen LogP contribution in [0.4, 0.5) is 0 Å². The lowest BCUT2D eigenvalue weighted by atomic mass is 10.0. The van der Waals surface area contributed by atoms with Crippen LogP contribution < -0.4 is 0 Å². The summed E-state index contributed by atoms with van der Waals surface area (Å²) in [7, 11) is 4.19. The van der Waals surface area contributed by atoms with Gasteiger partial charge in [0.25, 0.3) is 0 Å². The van der Waals surface area contributed by atoms with Crippen molar-refractivity contribution in [1.82, 2.24) is 4.90 Å². The van der Waals surface area contributed by atoms with Gasteiger partial charge in [-0.3, -0.25) is 4.79 Å². The van der Waals surface area contributed by atoms with Gasteiger partial charge in [0.2, 0.25) is 0 Å². The van der Waals surface area contributed by atoms with Gasteiger partial charge in [0, 0.05) is 12.8 Å². The first-order valence-corrected chi connectivity index (χ1v) is 15.1. The minimum Gasteiger partial charge on any atom is -0.462 e. The van der Waals surface area contributed by atoms with Gasteiger partial charge in [-0.05, 0) is 97.7 Å². The Kier molecular flexibility index (Phi) is 26.6. The first-order chi connectivity index (χ1) is 17.1. The van der Waals surface area contributed by atoms with Gasteiger partial charge in [-0.15, -0.1) is 0 Å². The fraction of sp³-hybridized carbons (Fsp3) is 0.812. The average molecular weight is 491 g/mol. The minimum atomic E-state index is -0.0275. The molecule has 0 fully saturated rings. The second kappa shape index (κ2) is 27.5. The minimum absolute atomic E-state index is 0.0189. The molecule has 0 aromatic carbocycles. The number of hydrogen-bond donors (Lipinski definition) is 0. The molecule has 0 saturated heterocycles. The van der Waals surface area contributed by atoms with Crippen molar-refractivity contribution < 1.29 is 9.53 Å². The highest BCUT2D eigenvalue weighted by Gasteiger charge is 2.14. The van der Waals surface area contributed by atoms with Crippen molar-refractivity contribution in [2.75, 3.05) is 20.6 Å². The van der Waals surface area contributed by atoms with Crippen molar-refractivity contribution >= 4 is 5.97 Å². The van der Waals surface area contributed by atoms with Crippen molar-refractivity contribution in [1.29, 1.82) is 0 Å². The molecule has 35 heavy (non-hydrogen) atoms. The predicted octanol–water partition coefficient (Wildman–Crippen LogP) is 9.62. The van der Waals surface area contributed by atoms with Crippen LogP contribution in [0.3, 0.4) is 0 Å². The number of carbonyl (C=O) groups is 1. The molecule has 0 aromatic heterocycles. The van der Waals surface area contributed by atoms with Gasteiger partial charge >= 0.3 is 5.97 Å². The molecular weight excluding hydrogens is 430 g/mol. The molecule has 0 aliphatic heterocycles. The molecule has 3 nitrogen and oxygen atoms in total. The van der Waals surface area contributed by atoms with E-state index < -0.39 is 0 Å². The summed E-state index contributed by atoms with van der Waals surface area (Å²) in [6.45, 7) is 5.61. The second-order valence-electron chi connectivity index (χ2n) is 10.4. The van der Waals surface area contributed by atoms with Crippen molar-refractivity contribution in [2.45, 2.75) is 148 Å². The number of nitrogens with zero attached hydrogens (tertiary/aromatic N) is 1. The van der Waals surface area contributed by atoms with E-state index in [0.717, 1.165) is 64.3 Å². The summed E-state index contributed by atoms with van der Waals surface area (Å²) in [6, 6.07) is 0. The molecule has 205 valence electrons. The van der Waals surface area contributed by atoms with Crippen LogP contribution in [0.5, 0.6) is 0 Å². The van der Waals surface area contributed by atoms with Crippen LogP contribution in [-0.2, 0) is 9.53 Å². The maximum Gasteiger partial charge on any atom is 0.306 e. The molecule has 1 radical (unpaired) electrons. The summed E-state index contributed by atoms with van der Waals surface area (Å²) < 4.78 is 5.89. The lowest BCUT2D eigenvalue weighted by molar-refractivity contribution is -0.148. The zero-order valence-corrected chi connectivity index (χ0v) is 24.1. The largest absolute Gasteiger partial charge is 0.462 e. The summed E-state index contributed by atoms with van der Waals surface area (Å²) >= 11 is 0. The Hall–Kier alpha value is -1.09. The highest BCUT2D eigenvalue weighted by Crippen LogP contribution is 2.16. The van der Waals surface area contributed by atoms with E-state index in [4.69, 9.17) is 4.74 Å². The third kappa shape index (κ3) is 27.3. The molecule has 0 bridgehead atoms. The fourth-order valence-corrected chi connectivity index (χ4v) is 4.15. The topological polar surface area (TPSA) is 29.5 Å². The first-order valence-electron chi connectivity index (χ1n) is 15.1. The summed E-state index contributed by atoms with van der Waals surface area (Å²) in [5.41, 5.74) is 0. The third-order valence-corrected chi connectivity index (χ3v) is 6.41. The number of rotatable bonds is 26. The highest BCUT2D eigenvalue weighted by atomic mass is 16.5. The maximum atomic E-state index is 12.4. The van der Waals surface area contributed by atoms with E-state index in [1.165, 1.54) is 64.2 Å². The molecule has 0 heterocycles. The molecule has 0 rings (SSSR count). The molecule has 0 amide bonds. The van der Waals surface area contributed by atoms with E-state index in [-0.39, 0.29) is 12.1 Å². The van der Waals surface area contributed by atoms with Crippen LogP contribution in [0, 0.1) is 6.42 Å². The number of ether oxygens (including phenoxy) is 1. The van der Waals surface area contributed by atoms with Crippen LogP contribution in [-0.4, -0.2) is 37.6 Å². The summed E-state index contributed by atoms with van der Waals surface area (Å²) in [5.74, 6) is -0.0189. The van der Waals surface area contributed by atoms with Gasteiger partial charge in [-0.2, -0.15) is 0 Å². The van der Waals surface area contributed by atoms with Gasteiger partial charge in [-0.1, -0.05) is 83.1 Å². The van der Waals surface area contributed by atoms with E-state index in [1.807, 2.05) is 0 Å². The van der Waals surface area contributed by atoms with Gasteiger partial charge in [0.1, 0.15) is 6.10 Å². The molecule has 0 saturated carbocycles. The lowest BCUT2D eigenvalue weighted by Crippen LogP contribution is -2.19. The van der Waals surface area contributed by atoms with E-state index in [9.17, 15) is 4.79 Å². The number of hydrogen-bond acceptors (Lipinski definition) is 3. The summed E-state index contributed by atoms with van der Waals surface area (Å²) in [5, 5.41) is 0. The van der Waals surface area contributed by atoms with Crippen molar-refractivity contribution in [3.05, 3.63) is 30.7 Å². The average Bonchev–Trinajstić information content (AvgIpc) is 2.83. The van der Waals surface area contributed by atoms with E-state index in [2.05, 4.69) is 63.6 Å². The summed E-state index contributed by atoms with van der Waals surface area (Å²) in [4.78, 5) is 14.6. The van der Waals surface area contributed by atoms with Crippen molar-refractivity contribution in [3.8, 4) is 0 Å². The quantitative estimate of drug-likeness (QED) is 0.0686. The molecule has 0 aliphatic rings. The molecular formula is C32H60NO2. The van der Waals surface area contributed by atoms with E-state index in [0.29, 0.717) is 6.42 Å². The normalized spacial score (nSPS) is 12.8. The van der Waals surface area contributed by atoms with Gasteiger partial charge in [-0.25, -0.2) is 0 Å². The molecule has 3 heteroatoms. The van der Waals surface area contributed by atoms with Crippen LogP contribution in [0.15, 0.2) is 24.3 Å². The van der Waals surface area contributed by atoms with Crippen LogP contribution >= 0.6 is 0 Å². The summed E-state index contributed by atoms with van der Waals surface area (Å²) in [6.07, 6.45) is 34.7. The number of allylic oxidation sites excluding steroid dienone is 4. The molecule has 0 aliphatic carbocycles. The lowest BCUT2D eigenvalue weighted by Gasteiger charge is -2.17. The van der Waals surface area contributed by atoms with E-state index >= 15 is 0 Å². The molecule has 1 atom stereocenters. The predicted molar refractivity (Wildman–Crippen MR) is 155 cm³/mol.